The van der Waals surface area contributed by atoms with E-state index < -0.39 is 0 Å². The molecule has 2 heteroatoms. The van der Waals surface area contributed by atoms with Crippen molar-refractivity contribution in [2.75, 3.05) is 5.88 Å². The molecule has 66 valence electrons. The summed E-state index contributed by atoms with van der Waals surface area (Å²) in [5.41, 5.74) is 3.15. The van der Waals surface area contributed by atoms with E-state index in [4.69, 9.17) is 11.6 Å². The second-order valence-electron chi connectivity index (χ2n) is 3.08. The number of rotatable bonds is 2. The molecule has 0 saturated heterocycles. The Labute approximate surface area is 82.0 Å². The van der Waals surface area contributed by atoms with Gasteiger partial charge in [0.1, 0.15) is 0 Å². The minimum absolute atomic E-state index is 0.00336. The predicted octanol–water partition coefficient (Wildman–Crippen LogP) is 2.68. The smallest absolute Gasteiger partial charge is 0.177 e. The number of fused-ring (bicyclic) bond motifs is 1. The first-order chi connectivity index (χ1) is 6.31. The van der Waals surface area contributed by atoms with Crippen molar-refractivity contribution >= 4 is 23.5 Å². The number of carbonyl (C=O) groups is 1. The van der Waals surface area contributed by atoms with Gasteiger partial charge in [0, 0.05) is 5.56 Å². The van der Waals surface area contributed by atoms with E-state index in [1.807, 2.05) is 18.2 Å². The maximum Gasteiger partial charge on any atom is 0.177 e. The van der Waals surface area contributed by atoms with Crippen molar-refractivity contribution < 1.29 is 4.79 Å². The first kappa shape index (κ1) is 8.52. The van der Waals surface area contributed by atoms with Gasteiger partial charge >= 0.3 is 0 Å². The summed E-state index contributed by atoms with van der Waals surface area (Å²) in [6.45, 7) is 0. The highest BCUT2D eigenvalue weighted by molar-refractivity contribution is 6.30. The third kappa shape index (κ3) is 1.52. The summed E-state index contributed by atoms with van der Waals surface area (Å²) in [5, 5.41) is 0. The molecule has 0 atom stereocenters. The van der Waals surface area contributed by atoms with Gasteiger partial charge in [0.15, 0.2) is 5.78 Å². The van der Waals surface area contributed by atoms with Crippen LogP contribution in [0.3, 0.4) is 0 Å². The van der Waals surface area contributed by atoms with Crippen LogP contribution in [0.1, 0.15) is 21.5 Å². The monoisotopic (exact) mass is 192 g/mol. The van der Waals surface area contributed by atoms with Crippen molar-refractivity contribution in [1.29, 1.82) is 0 Å². The molecule has 0 saturated carbocycles. The van der Waals surface area contributed by atoms with Gasteiger partial charge in [0.25, 0.3) is 0 Å². The molecular formula is C11H9ClO. The van der Waals surface area contributed by atoms with E-state index in [0.717, 1.165) is 12.0 Å². The molecule has 0 bridgehead atoms. The summed E-state index contributed by atoms with van der Waals surface area (Å²) in [6, 6.07) is 5.73. The standard InChI is InChI=1S/C11H9ClO/c12-7-11(13)10-5-4-8-2-1-3-9(8)6-10/h1-2,4-6H,3,7H2. The van der Waals surface area contributed by atoms with Crippen LogP contribution in [0.2, 0.25) is 0 Å². The molecule has 0 aliphatic heterocycles. The van der Waals surface area contributed by atoms with Gasteiger partial charge in [-0.2, -0.15) is 0 Å². The molecule has 0 heterocycles. The van der Waals surface area contributed by atoms with E-state index in [9.17, 15) is 4.79 Å². The Morgan fingerprint density at radius 3 is 3.08 bits per heavy atom. The van der Waals surface area contributed by atoms with Crippen molar-refractivity contribution in [2.45, 2.75) is 6.42 Å². The van der Waals surface area contributed by atoms with Gasteiger partial charge in [0.05, 0.1) is 5.88 Å². The zero-order valence-electron chi connectivity index (χ0n) is 7.09. The number of alkyl halides is 1. The molecular weight excluding hydrogens is 184 g/mol. The van der Waals surface area contributed by atoms with Gasteiger partial charge in [0.2, 0.25) is 0 Å². The minimum Gasteiger partial charge on any atom is -0.293 e. The molecule has 1 aliphatic carbocycles. The van der Waals surface area contributed by atoms with Gasteiger partial charge in [-0.1, -0.05) is 24.3 Å². The zero-order chi connectivity index (χ0) is 9.26. The van der Waals surface area contributed by atoms with Crippen molar-refractivity contribution in [3.63, 3.8) is 0 Å². The average molecular weight is 193 g/mol. The Bertz CT molecular complexity index is 380. The molecule has 1 aromatic carbocycles. The van der Waals surface area contributed by atoms with Crippen LogP contribution in [-0.2, 0) is 6.42 Å². The fraction of sp³-hybridized carbons (Fsp3) is 0.182. The van der Waals surface area contributed by atoms with Crippen LogP contribution in [0.25, 0.3) is 6.08 Å². The topological polar surface area (TPSA) is 17.1 Å². The van der Waals surface area contributed by atoms with E-state index in [1.165, 1.54) is 11.1 Å². The van der Waals surface area contributed by atoms with Crippen LogP contribution < -0.4 is 0 Å². The molecule has 0 N–H and O–H groups in total. The first-order valence-corrected chi connectivity index (χ1v) is 4.73. The molecule has 0 aromatic heterocycles. The van der Waals surface area contributed by atoms with Crippen LogP contribution in [-0.4, -0.2) is 11.7 Å². The molecule has 13 heavy (non-hydrogen) atoms. The lowest BCUT2D eigenvalue weighted by molar-refractivity contribution is 0.102. The second kappa shape index (κ2) is 3.35. The van der Waals surface area contributed by atoms with Crippen molar-refractivity contribution in [2.24, 2.45) is 0 Å². The van der Waals surface area contributed by atoms with Crippen LogP contribution in [0, 0.1) is 0 Å². The minimum atomic E-state index is -0.00336. The summed E-state index contributed by atoms with van der Waals surface area (Å²) in [4.78, 5) is 11.3. The molecule has 1 aromatic rings. The quantitative estimate of drug-likeness (QED) is 0.520. The van der Waals surface area contributed by atoms with E-state index >= 15 is 0 Å². The van der Waals surface area contributed by atoms with Crippen LogP contribution in [0.4, 0.5) is 0 Å². The number of Topliss-reactive ketones (excluding diaryl/α,β-unsaturated/α-hetero) is 1. The summed E-state index contributed by atoms with van der Waals surface area (Å²) in [6.07, 6.45) is 5.10. The number of hydrogen-bond acceptors (Lipinski definition) is 1. The normalized spacial score (nSPS) is 13.0. The third-order valence-corrected chi connectivity index (χ3v) is 2.46. The Balaban J connectivity index is 2.38. The van der Waals surface area contributed by atoms with Gasteiger partial charge in [-0.15, -0.1) is 11.6 Å². The average Bonchev–Trinajstić information content (AvgIpc) is 2.63. The molecule has 1 aliphatic rings. The summed E-state index contributed by atoms with van der Waals surface area (Å²) >= 11 is 5.47. The Morgan fingerprint density at radius 2 is 2.31 bits per heavy atom. The first-order valence-electron chi connectivity index (χ1n) is 4.20. The largest absolute Gasteiger partial charge is 0.293 e. The Kier molecular flexibility index (Phi) is 2.19. The lowest BCUT2D eigenvalue weighted by Gasteiger charge is -2.01. The van der Waals surface area contributed by atoms with E-state index in [2.05, 4.69) is 12.2 Å². The number of benzene rings is 1. The number of halogens is 1. The molecule has 0 amide bonds. The van der Waals surface area contributed by atoms with Crippen molar-refractivity contribution in [1.82, 2.24) is 0 Å². The fourth-order valence-corrected chi connectivity index (χ4v) is 1.66. The number of hydrogen-bond donors (Lipinski definition) is 0. The molecule has 2 rings (SSSR count). The van der Waals surface area contributed by atoms with Gasteiger partial charge < -0.3 is 0 Å². The summed E-state index contributed by atoms with van der Waals surface area (Å²) in [7, 11) is 0. The lowest BCUT2D eigenvalue weighted by Crippen LogP contribution is -2.00. The Morgan fingerprint density at radius 1 is 1.46 bits per heavy atom. The Hall–Kier alpha value is -1.08. The maximum absolute atomic E-state index is 11.3. The second-order valence-corrected chi connectivity index (χ2v) is 3.34. The maximum atomic E-state index is 11.3. The molecule has 0 spiro atoms. The highest BCUT2D eigenvalue weighted by atomic mass is 35.5. The third-order valence-electron chi connectivity index (χ3n) is 2.22. The molecule has 1 nitrogen and oxygen atoms in total. The van der Waals surface area contributed by atoms with Gasteiger partial charge in [-0.3, -0.25) is 4.79 Å². The molecule has 0 fully saturated rings. The van der Waals surface area contributed by atoms with E-state index in [1.54, 1.807) is 0 Å². The van der Waals surface area contributed by atoms with Crippen molar-refractivity contribution in [3.05, 3.63) is 41.0 Å². The van der Waals surface area contributed by atoms with Crippen LogP contribution >= 0.6 is 11.6 Å². The lowest BCUT2D eigenvalue weighted by atomic mass is 10.0. The highest BCUT2D eigenvalue weighted by Crippen LogP contribution is 2.20. The van der Waals surface area contributed by atoms with Crippen LogP contribution in [0.15, 0.2) is 24.3 Å². The number of ketones is 1. The van der Waals surface area contributed by atoms with E-state index in [0.29, 0.717) is 0 Å². The van der Waals surface area contributed by atoms with Crippen LogP contribution in [0.5, 0.6) is 0 Å². The SMILES string of the molecule is O=C(CCl)c1ccc2c(c1)CC=C2. The van der Waals surface area contributed by atoms with Crippen molar-refractivity contribution in [3.8, 4) is 0 Å². The summed E-state index contributed by atoms with van der Waals surface area (Å²) in [5.74, 6) is 0.0584. The number of allylic oxidation sites excluding steroid dienone is 1. The zero-order valence-corrected chi connectivity index (χ0v) is 7.84. The molecule has 0 unspecified atom stereocenters. The predicted molar refractivity (Wildman–Crippen MR) is 54.2 cm³/mol. The van der Waals surface area contributed by atoms with E-state index in [-0.39, 0.29) is 11.7 Å². The fourth-order valence-electron chi connectivity index (χ4n) is 1.51. The number of carbonyl (C=O) groups excluding carboxylic acids is 1. The highest BCUT2D eigenvalue weighted by Gasteiger charge is 2.09. The summed E-state index contributed by atoms with van der Waals surface area (Å²) < 4.78 is 0. The van der Waals surface area contributed by atoms with Gasteiger partial charge in [-0.05, 0) is 23.6 Å². The molecule has 0 radical (unpaired) electrons. The van der Waals surface area contributed by atoms with Gasteiger partial charge in [-0.25, -0.2) is 0 Å².